The van der Waals surface area contributed by atoms with Crippen molar-refractivity contribution in [2.45, 2.75) is 57.9 Å². The lowest BCUT2D eigenvalue weighted by Crippen LogP contribution is -2.49. The van der Waals surface area contributed by atoms with E-state index in [1.165, 1.54) is 25.7 Å². The third-order valence-corrected chi connectivity index (χ3v) is 4.83. The molecule has 2 unspecified atom stereocenters. The van der Waals surface area contributed by atoms with Crippen molar-refractivity contribution in [1.82, 2.24) is 5.32 Å². The van der Waals surface area contributed by atoms with Gasteiger partial charge in [0.1, 0.15) is 0 Å². The summed E-state index contributed by atoms with van der Waals surface area (Å²) in [5, 5.41) is 3.56. The van der Waals surface area contributed by atoms with Gasteiger partial charge in [0.15, 0.2) is 0 Å². The molecule has 0 aromatic rings. The van der Waals surface area contributed by atoms with E-state index < -0.39 is 10.1 Å². The fourth-order valence-corrected chi connectivity index (χ4v) is 3.12. The van der Waals surface area contributed by atoms with E-state index >= 15 is 0 Å². The van der Waals surface area contributed by atoms with Crippen molar-refractivity contribution >= 4 is 10.1 Å². The number of rotatable bonds is 6. The summed E-state index contributed by atoms with van der Waals surface area (Å²) in [4.78, 5) is 0. The van der Waals surface area contributed by atoms with Gasteiger partial charge in [-0.3, -0.25) is 4.55 Å². The van der Waals surface area contributed by atoms with E-state index in [0.29, 0.717) is 12.3 Å². The first-order valence-electron chi connectivity index (χ1n) is 6.54. The van der Waals surface area contributed by atoms with Crippen LogP contribution >= 0.6 is 0 Å². The molecule has 1 aliphatic rings. The van der Waals surface area contributed by atoms with Crippen LogP contribution in [0.1, 0.15) is 52.4 Å². The maximum absolute atomic E-state index is 10.5. The lowest BCUT2D eigenvalue weighted by atomic mass is 9.75. The molecule has 0 aromatic heterocycles. The third kappa shape index (κ3) is 5.36. The van der Waals surface area contributed by atoms with Crippen LogP contribution in [0.25, 0.3) is 0 Å². The van der Waals surface area contributed by atoms with Gasteiger partial charge < -0.3 is 5.32 Å². The maximum atomic E-state index is 10.5. The summed E-state index contributed by atoms with van der Waals surface area (Å²) >= 11 is 0. The second-order valence-corrected chi connectivity index (χ2v) is 7.06. The van der Waals surface area contributed by atoms with E-state index in [1.54, 1.807) is 0 Å². The average molecular weight is 263 g/mol. The van der Waals surface area contributed by atoms with Crippen molar-refractivity contribution in [1.29, 1.82) is 0 Å². The molecule has 17 heavy (non-hydrogen) atoms. The molecule has 0 bridgehead atoms. The SMILES string of the molecule is CC1CCCCC1(C)NCCCCS(=O)(=O)O. The number of hydrogen-bond donors (Lipinski definition) is 2. The Morgan fingerprint density at radius 2 is 2.06 bits per heavy atom. The zero-order valence-corrected chi connectivity index (χ0v) is 11.7. The van der Waals surface area contributed by atoms with Gasteiger partial charge in [0.2, 0.25) is 0 Å². The van der Waals surface area contributed by atoms with Gasteiger partial charge >= 0.3 is 0 Å². The highest BCUT2D eigenvalue weighted by molar-refractivity contribution is 7.85. The Labute approximate surface area is 105 Å². The van der Waals surface area contributed by atoms with Crippen LogP contribution in [0, 0.1) is 5.92 Å². The molecule has 1 aliphatic carbocycles. The molecule has 102 valence electrons. The monoisotopic (exact) mass is 263 g/mol. The van der Waals surface area contributed by atoms with E-state index in [2.05, 4.69) is 19.2 Å². The summed E-state index contributed by atoms with van der Waals surface area (Å²) in [7, 11) is -3.78. The fraction of sp³-hybridized carbons (Fsp3) is 1.00. The van der Waals surface area contributed by atoms with Crippen molar-refractivity contribution < 1.29 is 13.0 Å². The van der Waals surface area contributed by atoms with Gasteiger partial charge in [-0.05, 0) is 45.1 Å². The fourth-order valence-electron chi connectivity index (χ4n) is 2.55. The minimum Gasteiger partial charge on any atom is -0.311 e. The molecule has 1 fully saturated rings. The van der Waals surface area contributed by atoms with Gasteiger partial charge in [0.25, 0.3) is 10.1 Å². The van der Waals surface area contributed by atoms with Gasteiger partial charge in [0.05, 0.1) is 5.75 Å². The molecule has 0 aliphatic heterocycles. The minimum absolute atomic E-state index is 0.124. The molecule has 1 rings (SSSR count). The standard InChI is InChI=1S/C12H25NO3S/c1-11-7-3-4-8-12(11,2)13-9-5-6-10-17(14,15)16/h11,13H,3-10H2,1-2H3,(H,14,15,16). The minimum atomic E-state index is -3.78. The highest BCUT2D eigenvalue weighted by Gasteiger charge is 2.32. The first-order valence-corrected chi connectivity index (χ1v) is 8.15. The van der Waals surface area contributed by atoms with Gasteiger partial charge in [-0.1, -0.05) is 19.8 Å². The lowest BCUT2D eigenvalue weighted by molar-refractivity contribution is 0.174. The van der Waals surface area contributed by atoms with E-state index in [4.69, 9.17) is 4.55 Å². The summed E-state index contributed by atoms with van der Waals surface area (Å²) in [6.45, 7) is 5.38. The van der Waals surface area contributed by atoms with E-state index in [-0.39, 0.29) is 11.3 Å². The van der Waals surface area contributed by atoms with Gasteiger partial charge in [-0.2, -0.15) is 8.42 Å². The van der Waals surface area contributed by atoms with E-state index in [1.807, 2.05) is 0 Å². The number of unbranched alkanes of at least 4 members (excludes halogenated alkanes) is 1. The average Bonchev–Trinajstić information content (AvgIpc) is 2.21. The topological polar surface area (TPSA) is 66.4 Å². The molecule has 0 saturated heterocycles. The third-order valence-electron chi connectivity index (χ3n) is 4.03. The van der Waals surface area contributed by atoms with Crippen molar-refractivity contribution in [3.63, 3.8) is 0 Å². The van der Waals surface area contributed by atoms with Crippen molar-refractivity contribution in [2.75, 3.05) is 12.3 Å². The molecule has 0 amide bonds. The molecule has 0 radical (unpaired) electrons. The van der Waals surface area contributed by atoms with Crippen molar-refractivity contribution in [3.05, 3.63) is 0 Å². The Hall–Kier alpha value is -0.130. The summed E-state index contributed by atoms with van der Waals surface area (Å²) in [5.41, 5.74) is 0.205. The largest absolute Gasteiger partial charge is 0.311 e. The van der Waals surface area contributed by atoms with Crippen LogP contribution in [0.4, 0.5) is 0 Å². The van der Waals surface area contributed by atoms with Gasteiger partial charge in [-0.15, -0.1) is 0 Å². The molecule has 2 atom stereocenters. The Morgan fingerprint density at radius 3 is 2.65 bits per heavy atom. The van der Waals surface area contributed by atoms with Crippen LogP contribution < -0.4 is 5.32 Å². The van der Waals surface area contributed by atoms with Crippen molar-refractivity contribution in [2.24, 2.45) is 5.92 Å². The Bertz CT molecular complexity index is 329. The van der Waals surface area contributed by atoms with Crippen LogP contribution in [0.3, 0.4) is 0 Å². The van der Waals surface area contributed by atoms with Gasteiger partial charge in [-0.25, -0.2) is 0 Å². The van der Waals surface area contributed by atoms with Crippen LogP contribution in [0.5, 0.6) is 0 Å². The van der Waals surface area contributed by atoms with Gasteiger partial charge in [0, 0.05) is 5.54 Å². The lowest BCUT2D eigenvalue weighted by Gasteiger charge is -2.40. The smallest absolute Gasteiger partial charge is 0.264 e. The number of nitrogens with one attached hydrogen (secondary N) is 1. The number of hydrogen-bond acceptors (Lipinski definition) is 3. The van der Waals surface area contributed by atoms with Crippen LogP contribution in [-0.4, -0.2) is 30.8 Å². The highest BCUT2D eigenvalue weighted by atomic mass is 32.2. The second kappa shape index (κ2) is 6.16. The normalized spacial score (nSPS) is 30.4. The Balaban J connectivity index is 2.21. The first-order chi connectivity index (χ1) is 7.83. The summed E-state index contributed by atoms with van der Waals surface area (Å²) in [6, 6.07) is 0. The van der Waals surface area contributed by atoms with Crippen molar-refractivity contribution in [3.8, 4) is 0 Å². The molecule has 1 saturated carbocycles. The summed E-state index contributed by atoms with van der Waals surface area (Å²) in [6.07, 6.45) is 6.39. The van der Waals surface area contributed by atoms with Crippen LogP contribution in [0.15, 0.2) is 0 Å². The van der Waals surface area contributed by atoms with E-state index in [0.717, 1.165) is 13.0 Å². The molecule has 2 N–H and O–H groups in total. The molecule has 0 spiro atoms. The molecule has 0 heterocycles. The molecule has 5 heteroatoms. The molecular formula is C12H25NO3S. The molecule has 4 nitrogen and oxygen atoms in total. The summed E-state index contributed by atoms with van der Waals surface area (Å²) < 4.78 is 29.7. The summed E-state index contributed by atoms with van der Waals surface area (Å²) in [5.74, 6) is 0.554. The maximum Gasteiger partial charge on any atom is 0.264 e. The van der Waals surface area contributed by atoms with E-state index in [9.17, 15) is 8.42 Å². The zero-order valence-electron chi connectivity index (χ0n) is 10.9. The first kappa shape index (κ1) is 14.9. The quantitative estimate of drug-likeness (QED) is 0.569. The van der Waals surface area contributed by atoms with Crippen LogP contribution in [0.2, 0.25) is 0 Å². The second-order valence-electron chi connectivity index (χ2n) is 5.48. The van der Waals surface area contributed by atoms with Crippen LogP contribution in [-0.2, 0) is 10.1 Å². The highest BCUT2D eigenvalue weighted by Crippen LogP contribution is 2.32. The predicted octanol–water partition coefficient (Wildman–Crippen LogP) is 2.21. The Kier molecular flexibility index (Phi) is 5.41. The zero-order chi connectivity index (χ0) is 12.9. The molecular weight excluding hydrogens is 238 g/mol. The Morgan fingerprint density at radius 1 is 1.35 bits per heavy atom. The molecule has 0 aromatic carbocycles. The predicted molar refractivity (Wildman–Crippen MR) is 69.7 cm³/mol.